The van der Waals surface area contributed by atoms with Crippen molar-refractivity contribution in [1.29, 1.82) is 0 Å². The van der Waals surface area contributed by atoms with Crippen molar-refractivity contribution < 1.29 is 42.4 Å². The molecule has 1 aromatic heterocycles. The fourth-order valence-electron chi connectivity index (χ4n) is 7.16. The summed E-state index contributed by atoms with van der Waals surface area (Å²) in [6.07, 6.45) is 3.55. The lowest BCUT2D eigenvalue weighted by molar-refractivity contribution is -0.142. The minimum atomic E-state index is -2.21. The van der Waals surface area contributed by atoms with E-state index in [9.17, 15) is 9.59 Å². The molecule has 0 saturated carbocycles. The van der Waals surface area contributed by atoms with Crippen LogP contribution in [0.2, 0.25) is 18.1 Å². The van der Waals surface area contributed by atoms with E-state index in [-0.39, 0.29) is 36.9 Å². The summed E-state index contributed by atoms with van der Waals surface area (Å²) in [6, 6.07) is 2.93. The van der Waals surface area contributed by atoms with Gasteiger partial charge in [-0.3, -0.25) is 4.79 Å². The molecule has 1 amide bonds. The molecule has 2 aromatic rings. The van der Waals surface area contributed by atoms with Crippen molar-refractivity contribution in [2.75, 3.05) is 40.0 Å². The Hall–Kier alpha value is -3.10. The largest absolute Gasteiger partial charge is 0.485 e. The summed E-state index contributed by atoms with van der Waals surface area (Å²) >= 11 is 6.15. The average molecular weight is 790 g/mol. The predicted molar refractivity (Wildman–Crippen MR) is 213 cm³/mol. The first-order valence-electron chi connectivity index (χ1n) is 18.8. The zero-order chi connectivity index (χ0) is 40.0. The summed E-state index contributed by atoms with van der Waals surface area (Å²) in [7, 11) is 0.923. The molecular formula is C40H60ClN3O9Si. The maximum atomic E-state index is 14.5. The van der Waals surface area contributed by atoms with Crippen LogP contribution in [0.3, 0.4) is 0 Å². The molecule has 54 heavy (non-hydrogen) atoms. The number of aromatic nitrogens is 1. The van der Waals surface area contributed by atoms with E-state index in [4.69, 9.17) is 49.4 Å². The fourth-order valence-corrected chi connectivity index (χ4v) is 8.68. The average Bonchev–Trinajstić information content (AvgIpc) is 3.60. The normalized spacial score (nSPS) is 24.7. The van der Waals surface area contributed by atoms with Crippen LogP contribution in [-0.2, 0) is 34.6 Å². The van der Waals surface area contributed by atoms with Gasteiger partial charge in [-0.25, -0.2) is 14.4 Å². The van der Waals surface area contributed by atoms with Gasteiger partial charge in [0.15, 0.2) is 19.8 Å². The van der Waals surface area contributed by atoms with Gasteiger partial charge in [0.05, 0.1) is 13.2 Å². The van der Waals surface area contributed by atoms with Gasteiger partial charge < -0.3 is 37.7 Å². The van der Waals surface area contributed by atoms with E-state index in [1.165, 1.54) is 4.57 Å². The van der Waals surface area contributed by atoms with Crippen LogP contribution >= 0.6 is 11.6 Å². The highest BCUT2D eigenvalue weighted by Crippen LogP contribution is 2.46. The van der Waals surface area contributed by atoms with E-state index in [2.05, 4.69) is 33.9 Å². The molecule has 4 atom stereocenters. The van der Waals surface area contributed by atoms with Gasteiger partial charge in [0.25, 0.3) is 0 Å². The lowest BCUT2D eigenvalue weighted by Gasteiger charge is -2.45. The maximum Gasteiger partial charge on any atom is 0.419 e. The van der Waals surface area contributed by atoms with E-state index < -0.39 is 43.3 Å². The molecule has 12 nitrogen and oxygen atoms in total. The Morgan fingerprint density at radius 1 is 1.13 bits per heavy atom. The first-order valence-corrected chi connectivity index (χ1v) is 22.2. The first kappa shape index (κ1) is 42.0. The summed E-state index contributed by atoms with van der Waals surface area (Å²) in [5, 5.41) is 0.691. The predicted octanol–water partition coefficient (Wildman–Crippen LogP) is 7.87. The molecule has 0 aliphatic carbocycles. The smallest absolute Gasteiger partial charge is 0.419 e. The standard InChI is InChI=1S/C40H60ClN3O9Si/c1-25(21-41)16-18-40-30(50-24-47-10)17-19-44(40)34(45)28(42-35(40)48-11)20-26-22-43(36(46)52-37(2,3)4)32-27(26)14-15-29-33(32)49-23-31(39(8,9)51-29)53-54(12,13)38(5,6)7/h14-16,22,28,30-31H,17-21,23-24H2,1-13H3/b25-16+/t28-,30-,31?,40+/m0/s1. The lowest BCUT2D eigenvalue weighted by Crippen LogP contribution is -2.64. The molecule has 1 unspecified atom stereocenters. The molecule has 3 aliphatic rings. The van der Waals surface area contributed by atoms with Gasteiger partial charge in [0.1, 0.15) is 47.8 Å². The Bertz CT molecular complexity index is 1790. The van der Waals surface area contributed by atoms with Gasteiger partial charge in [-0.2, -0.15) is 0 Å². The number of amides is 1. The molecule has 1 aromatic carbocycles. The van der Waals surface area contributed by atoms with Crippen LogP contribution in [0.25, 0.3) is 10.9 Å². The van der Waals surface area contributed by atoms with Crippen LogP contribution in [0.1, 0.15) is 80.7 Å². The minimum Gasteiger partial charge on any atom is -0.485 e. The van der Waals surface area contributed by atoms with Crippen LogP contribution in [0.15, 0.2) is 35.0 Å². The van der Waals surface area contributed by atoms with Crippen molar-refractivity contribution in [2.45, 2.75) is 135 Å². The van der Waals surface area contributed by atoms with Crippen molar-refractivity contribution in [3.8, 4) is 11.5 Å². The second kappa shape index (κ2) is 15.4. The highest BCUT2D eigenvalue weighted by Gasteiger charge is 2.59. The van der Waals surface area contributed by atoms with E-state index in [0.717, 1.165) is 5.57 Å². The van der Waals surface area contributed by atoms with Gasteiger partial charge in [-0.05, 0) is 83.8 Å². The third-order valence-corrected chi connectivity index (χ3v) is 16.0. The van der Waals surface area contributed by atoms with E-state index >= 15 is 0 Å². The topological polar surface area (TPSA) is 119 Å². The van der Waals surface area contributed by atoms with Gasteiger partial charge in [-0.1, -0.05) is 32.4 Å². The van der Waals surface area contributed by atoms with Crippen molar-refractivity contribution in [3.05, 3.63) is 35.5 Å². The van der Waals surface area contributed by atoms with Crippen molar-refractivity contribution in [3.63, 3.8) is 0 Å². The highest BCUT2D eigenvalue weighted by atomic mass is 35.5. The lowest BCUT2D eigenvalue weighted by atomic mass is 9.85. The van der Waals surface area contributed by atoms with Crippen molar-refractivity contribution in [2.24, 2.45) is 4.99 Å². The summed E-state index contributed by atoms with van der Waals surface area (Å²) in [4.78, 5) is 35.3. The third-order valence-electron chi connectivity index (χ3n) is 11.1. The molecule has 0 spiro atoms. The summed E-state index contributed by atoms with van der Waals surface area (Å²) in [5.74, 6) is 1.50. The monoisotopic (exact) mass is 789 g/mol. The van der Waals surface area contributed by atoms with E-state index in [0.29, 0.717) is 59.1 Å². The highest BCUT2D eigenvalue weighted by molar-refractivity contribution is 6.74. The third kappa shape index (κ3) is 8.07. The Morgan fingerprint density at radius 3 is 2.44 bits per heavy atom. The number of rotatable bonds is 10. The quantitative estimate of drug-likeness (QED) is 0.103. The van der Waals surface area contributed by atoms with Gasteiger partial charge >= 0.3 is 6.09 Å². The van der Waals surface area contributed by atoms with Crippen molar-refractivity contribution in [1.82, 2.24) is 9.47 Å². The molecule has 1 saturated heterocycles. The number of halogens is 1. The minimum absolute atomic E-state index is 0.0239. The number of nitrogens with zero attached hydrogens (tertiary/aromatic N) is 3. The summed E-state index contributed by atoms with van der Waals surface area (Å²) in [5.41, 5.74) is -0.300. The number of aliphatic imine (C=N–C) groups is 1. The van der Waals surface area contributed by atoms with Crippen molar-refractivity contribution >= 4 is 48.7 Å². The van der Waals surface area contributed by atoms with Gasteiger partial charge in [0, 0.05) is 44.0 Å². The molecule has 0 bridgehead atoms. The first-order chi connectivity index (χ1) is 25.1. The zero-order valence-electron chi connectivity index (χ0n) is 34.4. The number of methoxy groups -OCH3 is 2. The van der Waals surface area contributed by atoms with Crippen LogP contribution in [0, 0.1) is 0 Å². The molecule has 0 N–H and O–H groups in total. The summed E-state index contributed by atoms with van der Waals surface area (Å²) in [6.45, 7) is 23.2. The number of fused-ring (bicyclic) bond motifs is 4. The maximum absolute atomic E-state index is 14.5. The van der Waals surface area contributed by atoms with Crippen LogP contribution in [-0.4, -0.2) is 111 Å². The van der Waals surface area contributed by atoms with Gasteiger partial charge in [0.2, 0.25) is 11.8 Å². The van der Waals surface area contributed by atoms with Crippen LogP contribution < -0.4 is 9.47 Å². The molecular weight excluding hydrogens is 730 g/mol. The summed E-state index contributed by atoms with van der Waals surface area (Å²) < 4.78 is 44.9. The second-order valence-electron chi connectivity index (χ2n) is 17.7. The van der Waals surface area contributed by atoms with Gasteiger partial charge in [-0.15, -0.1) is 11.6 Å². The number of benzene rings is 1. The molecule has 3 aliphatic heterocycles. The molecule has 300 valence electrons. The second-order valence-corrected chi connectivity index (χ2v) is 22.7. The molecule has 0 radical (unpaired) electrons. The van der Waals surface area contributed by atoms with E-state index in [1.807, 2.05) is 64.7 Å². The number of allylic oxidation sites excluding steroid dienone is 1. The number of alkyl halides is 1. The Labute approximate surface area is 326 Å². The molecule has 14 heteroatoms. The Kier molecular flexibility index (Phi) is 12.0. The molecule has 1 fully saturated rings. The zero-order valence-corrected chi connectivity index (χ0v) is 36.1. The Balaban J connectivity index is 1.60. The Morgan fingerprint density at radius 2 is 1.83 bits per heavy atom. The number of hydrogen-bond donors (Lipinski definition) is 0. The van der Waals surface area contributed by atoms with Crippen LogP contribution in [0.4, 0.5) is 4.79 Å². The molecule has 5 rings (SSSR count). The number of ether oxygens (including phenoxy) is 6. The van der Waals surface area contributed by atoms with Crippen LogP contribution in [0.5, 0.6) is 11.5 Å². The number of carbonyl (C=O) groups excluding carboxylic acids is 2. The number of hydrogen-bond acceptors (Lipinski definition) is 10. The fraction of sp³-hybridized carbons (Fsp3) is 0.675. The van der Waals surface area contributed by atoms with E-state index in [1.54, 1.807) is 20.4 Å². The molecule has 4 heterocycles. The SMILES string of the molecule is COCO[C@H]1CCN2C(=O)[C@H](Cc3cn(C(=O)OC(C)(C)C)c4c5c(ccc34)OC(C)(C)C(O[Si](C)(C)C(C)(C)C)CO5)N=C(OC)[C@@]12C/C=C(\C)CCl. The number of carbonyl (C=O) groups is 2.